The summed E-state index contributed by atoms with van der Waals surface area (Å²) in [6.07, 6.45) is -4.00. The van der Waals surface area contributed by atoms with E-state index in [0.717, 1.165) is 12.1 Å². The number of aliphatic carboxylic acids is 1. The van der Waals surface area contributed by atoms with Gasteiger partial charge in [-0.05, 0) is 36.5 Å². The summed E-state index contributed by atoms with van der Waals surface area (Å²) in [5.74, 6) is -0.448. The first-order chi connectivity index (χ1) is 14.4. The summed E-state index contributed by atoms with van der Waals surface area (Å²) in [5, 5.41) is 12.2. The molecule has 1 amide bonds. The minimum absolute atomic E-state index is 0.0562. The summed E-state index contributed by atoms with van der Waals surface area (Å²) in [6, 6.07) is 4.20. The molecular formula is C21H25F3N2O5. The zero-order chi connectivity index (χ0) is 23.4. The number of amides is 1. The van der Waals surface area contributed by atoms with Crippen LogP contribution in [-0.2, 0) is 25.4 Å². The molecule has 31 heavy (non-hydrogen) atoms. The molecule has 0 aromatic heterocycles. The van der Waals surface area contributed by atoms with Gasteiger partial charge in [-0.3, -0.25) is 9.59 Å². The molecule has 0 spiro atoms. The zero-order valence-corrected chi connectivity index (χ0v) is 17.3. The van der Waals surface area contributed by atoms with Crippen molar-refractivity contribution in [1.29, 1.82) is 0 Å². The molecule has 0 saturated heterocycles. The van der Waals surface area contributed by atoms with Gasteiger partial charge in [-0.25, -0.2) is 4.79 Å². The van der Waals surface area contributed by atoms with Crippen LogP contribution in [0.25, 0.3) is 0 Å². The molecule has 0 aliphatic heterocycles. The molecule has 0 radical (unpaired) electrons. The molecule has 2 saturated carbocycles. The van der Waals surface area contributed by atoms with Gasteiger partial charge in [0, 0.05) is 17.0 Å². The molecule has 2 fully saturated rings. The van der Waals surface area contributed by atoms with Gasteiger partial charge in [0.05, 0.1) is 16.9 Å². The van der Waals surface area contributed by atoms with Crippen LogP contribution < -0.4 is 11.2 Å². The Morgan fingerprint density at radius 3 is 2.39 bits per heavy atom. The van der Waals surface area contributed by atoms with Crippen molar-refractivity contribution in [2.75, 3.05) is 5.32 Å². The number of fused-ring (bicyclic) bond motifs is 1. The highest BCUT2D eigenvalue weighted by atomic mass is 19.4. The van der Waals surface area contributed by atoms with Crippen molar-refractivity contribution in [3.8, 4) is 0 Å². The maximum Gasteiger partial charge on any atom is 0.416 e. The van der Waals surface area contributed by atoms with Gasteiger partial charge in [-0.15, -0.1) is 0 Å². The van der Waals surface area contributed by atoms with Gasteiger partial charge in [0.25, 0.3) is 0 Å². The molecule has 0 heterocycles. The van der Waals surface area contributed by atoms with Crippen LogP contribution in [-0.4, -0.2) is 23.0 Å². The fourth-order valence-electron chi connectivity index (χ4n) is 6.28. The lowest BCUT2D eigenvalue weighted by atomic mass is 9.62. The van der Waals surface area contributed by atoms with E-state index in [-0.39, 0.29) is 12.1 Å². The standard InChI is InChI=1S/C21H25F3N2O5/c1-4-12-13(16(27)26-11-8-6-7-10(9-11)21(22,23)24)14-15(17(28)29)19(14,3)20(12,5-2)18(30)31-25/h6-9,12-15H,4-5,25H2,1-3H3,(H,26,27)(H,28,29). The van der Waals surface area contributed by atoms with E-state index < -0.39 is 64.1 Å². The number of anilines is 1. The summed E-state index contributed by atoms with van der Waals surface area (Å²) in [5.41, 5.74) is -3.32. The Bertz CT molecular complexity index is 921. The lowest BCUT2D eigenvalue weighted by molar-refractivity contribution is -0.168. The molecule has 10 heteroatoms. The van der Waals surface area contributed by atoms with E-state index in [1.807, 2.05) is 0 Å². The van der Waals surface area contributed by atoms with Gasteiger partial charge >= 0.3 is 18.1 Å². The third-order valence-electron chi connectivity index (χ3n) is 7.50. The Labute approximate surface area is 177 Å². The first kappa shape index (κ1) is 23.1. The van der Waals surface area contributed by atoms with Crippen molar-refractivity contribution >= 4 is 23.5 Å². The molecule has 1 aromatic rings. The van der Waals surface area contributed by atoms with E-state index in [0.29, 0.717) is 6.42 Å². The third-order valence-corrected chi connectivity index (χ3v) is 7.50. The number of carbonyl (C=O) groups excluding carboxylic acids is 2. The molecular weight excluding hydrogens is 417 g/mol. The summed E-state index contributed by atoms with van der Waals surface area (Å²) >= 11 is 0. The number of nitrogens with two attached hydrogens (primary N) is 1. The Kier molecular flexibility index (Phi) is 5.58. The van der Waals surface area contributed by atoms with E-state index in [4.69, 9.17) is 5.90 Å². The van der Waals surface area contributed by atoms with Gasteiger partial charge in [0.1, 0.15) is 0 Å². The number of carboxylic acid groups (broad SMARTS) is 1. The molecule has 7 nitrogen and oxygen atoms in total. The van der Waals surface area contributed by atoms with E-state index in [1.54, 1.807) is 20.8 Å². The fourth-order valence-corrected chi connectivity index (χ4v) is 6.28. The Morgan fingerprint density at radius 2 is 1.90 bits per heavy atom. The normalized spacial score (nSPS) is 34.0. The van der Waals surface area contributed by atoms with Crippen molar-refractivity contribution < 1.29 is 37.5 Å². The van der Waals surface area contributed by atoms with Crippen molar-refractivity contribution in [2.45, 2.75) is 39.8 Å². The smallest absolute Gasteiger partial charge is 0.416 e. The van der Waals surface area contributed by atoms with Gasteiger partial charge < -0.3 is 15.3 Å². The molecule has 2 aliphatic carbocycles. The molecule has 6 atom stereocenters. The number of hydrogen-bond donors (Lipinski definition) is 3. The van der Waals surface area contributed by atoms with Crippen molar-refractivity contribution in [3.63, 3.8) is 0 Å². The molecule has 170 valence electrons. The fraction of sp³-hybridized carbons (Fsp3) is 0.571. The average Bonchev–Trinajstić information content (AvgIpc) is 3.26. The van der Waals surface area contributed by atoms with Crippen molar-refractivity contribution in [3.05, 3.63) is 29.8 Å². The SMILES string of the molecule is CCC1C(C(=O)Nc2cccc(C(F)(F)F)c2)C2C(C(=O)O)C2(C)C1(CC)C(=O)ON. The second-order valence-corrected chi connectivity index (χ2v) is 8.46. The van der Waals surface area contributed by atoms with Crippen LogP contribution in [0, 0.1) is 34.5 Å². The van der Waals surface area contributed by atoms with Gasteiger partial charge in [-0.2, -0.15) is 19.1 Å². The number of hydrogen-bond acceptors (Lipinski definition) is 5. The lowest BCUT2D eigenvalue weighted by Gasteiger charge is -2.40. The van der Waals surface area contributed by atoms with E-state index in [1.165, 1.54) is 12.1 Å². The predicted octanol–water partition coefficient (Wildman–Crippen LogP) is 3.45. The maximum absolute atomic E-state index is 13.2. The largest absolute Gasteiger partial charge is 0.481 e. The lowest BCUT2D eigenvalue weighted by Crippen LogP contribution is -2.48. The molecule has 0 bridgehead atoms. The monoisotopic (exact) mass is 442 g/mol. The number of rotatable bonds is 6. The van der Waals surface area contributed by atoms with E-state index >= 15 is 0 Å². The summed E-state index contributed by atoms with van der Waals surface area (Å²) in [4.78, 5) is 42.6. The Hall–Kier alpha value is -2.62. The summed E-state index contributed by atoms with van der Waals surface area (Å²) in [6.45, 7) is 5.14. The number of nitrogens with one attached hydrogen (secondary N) is 1. The van der Waals surface area contributed by atoms with Gasteiger partial charge in [-0.1, -0.05) is 33.3 Å². The second kappa shape index (κ2) is 7.51. The first-order valence-electron chi connectivity index (χ1n) is 10.0. The van der Waals surface area contributed by atoms with Gasteiger partial charge in [0.15, 0.2) is 0 Å². The summed E-state index contributed by atoms with van der Waals surface area (Å²) < 4.78 is 39.0. The Morgan fingerprint density at radius 1 is 1.26 bits per heavy atom. The van der Waals surface area contributed by atoms with Crippen molar-refractivity contribution in [1.82, 2.24) is 0 Å². The van der Waals surface area contributed by atoms with E-state index in [9.17, 15) is 32.7 Å². The number of carbonyl (C=O) groups is 3. The molecule has 6 unspecified atom stereocenters. The maximum atomic E-state index is 13.2. The minimum atomic E-state index is -4.58. The number of alkyl halides is 3. The number of carboxylic acids is 1. The van der Waals surface area contributed by atoms with Crippen LogP contribution in [0.3, 0.4) is 0 Å². The van der Waals surface area contributed by atoms with Crippen LogP contribution >= 0.6 is 0 Å². The average molecular weight is 442 g/mol. The quantitative estimate of drug-likeness (QED) is 0.581. The number of halogens is 3. The van der Waals surface area contributed by atoms with Crippen LogP contribution in [0.2, 0.25) is 0 Å². The van der Waals surface area contributed by atoms with Crippen LogP contribution in [0.5, 0.6) is 0 Å². The van der Waals surface area contributed by atoms with Crippen molar-refractivity contribution in [2.24, 2.45) is 40.4 Å². The highest BCUT2D eigenvalue weighted by Crippen LogP contribution is 2.81. The highest BCUT2D eigenvalue weighted by molar-refractivity contribution is 5.97. The minimum Gasteiger partial charge on any atom is -0.481 e. The topological polar surface area (TPSA) is 119 Å². The third kappa shape index (κ3) is 3.10. The number of benzene rings is 1. The van der Waals surface area contributed by atoms with Gasteiger partial charge in [0.2, 0.25) is 5.91 Å². The van der Waals surface area contributed by atoms with Crippen LogP contribution in [0.15, 0.2) is 24.3 Å². The van der Waals surface area contributed by atoms with Crippen LogP contribution in [0.4, 0.5) is 18.9 Å². The molecule has 4 N–H and O–H groups in total. The molecule has 3 rings (SSSR count). The highest BCUT2D eigenvalue weighted by Gasteiger charge is 2.86. The van der Waals surface area contributed by atoms with Crippen LogP contribution in [0.1, 0.15) is 39.2 Å². The zero-order valence-electron chi connectivity index (χ0n) is 17.3. The predicted molar refractivity (Wildman–Crippen MR) is 103 cm³/mol. The van der Waals surface area contributed by atoms with E-state index in [2.05, 4.69) is 10.2 Å². The Balaban J connectivity index is 2.01. The second-order valence-electron chi connectivity index (χ2n) is 8.46. The molecule has 1 aromatic carbocycles. The first-order valence-corrected chi connectivity index (χ1v) is 10.0. The summed E-state index contributed by atoms with van der Waals surface area (Å²) in [7, 11) is 0. The molecule has 2 aliphatic rings.